The van der Waals surface area contributed by atoms with Crippen LogP contribution in [0, 0.1) is 11.8 Å². The minimum Gasteiger partial charge on any atom is -0.507 e. The number of hydrogen-bond acceptors (Lipinski definition) is 9. The van der Waals surface area contributed by atoms with Crippen molar-refractivity contribution in [2.45, 2.75) is 44.4 Å². The summed E-state index contributed by atoms with van der Waals surface area (Å²) >= 11 is 0. The molecule has 0 radical (unpaired) electrons. The van der Waals surface area contributed by atoms with Crippen LogP contribution in [-0.2, 0) is 4.74 Å². The number of piperazine rings is 1. The van der Waals surface area contributed by atoms with Crippen LogP contribution in [0.1, 0.15) is 31.9 Å². The van der Waals surface area contributed by atoms with Gasteiger partial charge in [0, 0.05) is 62.3 Å². The smallest absolute Gasteiger partial charge is 0.169 e. The fourth-order valence-electron chi connectivity index (χ4n) is 6.10. The van der Waals surface area contributed by atoms with E-state index in [-0.39, 0.29) is 11.9 Å². The lowest BCUT2D eigenvalue weighted by Gasteiger charge is -2.43. The van der Waals surface area contributed by atoms with Crippen molar-refractivity contribution in [2.24, 2.45) is 0 Å². The molecule has 3 aliphatic rings. The zero-order valence-corrected chi connectivity index (χ0v) is 22.3. The normalized spacial score (nSPS) is 23.3. The van der Waals surface area contributed by atoms with Crippen LogP contribution in [0.4, 0.5) is 17.2 Å². The Kier molecular flexibility index (Phi) is 7.22. The topological polar surface area (TPSA) is 104 Å². The minimum absolute atomic E-state index is 0.180. The predicted molar refractivity (Wildman–Crippen MR) is 153 cm³/mol. The third-order valence-electron chi connectivity index (χ3n) is 7.90. The Morgan fingerprint density at radius 3 is 2.72 bits per heavy atom. The Hall–Kier alpha value is -3.87. The molecule has 0 saturated carbocycles. The zero-order valence-electron chi connectivity index (χ0n) is 22.3. The first-order chi connectivity index (χ1) is 19.0. The molecule has 3 atom stereocenters. The molecule has 0 spiro atoms. The summed E-state index contributed by atoms with van der Waals surface area (Å²) in [5, 5.41) is 18.8. The highest BCUT2D eigenvalue weighted by atomic mass is 16.5. The van der Waals surface area contributed by atoms with Gasteiger partial charge in [-0.2, -0.15) is 0 Å². The lowest BCUT2D eigenvalue weighted by atomic mass is 10.1. The van der Waals surface area contributed by atoms with Crippen LogP contribution >= 0.6 is 0 Å². The molecule has 6 rings (SSSR count). The monoisotopic (exact) mass is 525 g/mol. The van der Waals surface area contributed by atoms with Crippen LogP contribution in [0.25, 0.3) is 11.3 Å². The van der Waals surface area contributed by atoms with Crippen molar-refractivity contribution in [3.8, 4) is 28.8 Å². The third-order valence-corrected chi connectivity index (χ3v) is 7.90. The van der Waals surface area contributed by atoms with Gasteiger partial charge in [-0.25, -0.2) is 4.98 Å². The highest BCUT2D eigenvalue weighted by molar-refractivity contribution is 5.74. The summed E-state index contributed by atoms with van der Waals surface area (Å²) in [5.74, 6) is 7.21. The molecule has 2 aromatic heterocycles. The molecule has 3 N–H and O–H groups in total. The molecule has 3 fully saturated rings. The number of hydrogen-bond donors (Lipinski definition) is 2. The Morgan fingerprint density at radius 2 is 1.90 bits per heavy atom. The molecule has 3 aromatic rings. The Labute approximate surface area is 229 Å². The first-order valence-corrected chi connectivity index (χ1v) is 13.8. The second-order valence-corrected chi connectivity index (χ2v) is 10.7. The van der Waals surface area contributed by atoms with Crippen LogP contribution in [0.3, 0.4) is 0 Å². The van der Waals surface area contributed by atoms with Gasteiger partial charge in [-0.1, -0.05) is 18.1 Å². The maximum absolute atomic E-state index is 10.3. The summed E-state index contributed by atoms with van der Waals surface area (Å²) in [6.07, 6.45) is 5.40. The van der Waals surface area contributed by atoms with Crippen LogP contribution in [0.5, 0.6) is 5.75 Å². The van der Waals surface area contributed by atoms with Gasteiger partial charge in [-0.15, -0.1) is 10.2 Å². The van der Waals surface area contributed by atoms with Gasteiger partial charge in [0.2, 0.25) is 0 Å². The molecule has 2 bridgehead atoms. The number of fused-ring (bicyclic) bond motifs is 2. The highest BCUT2D eigenvalue weighted by Gasteiger charge is 2.40. The van der Waals surface area contributed by atoms with Gasteiger partial charge in [0.15, 0.2) is 5.82 Å². The molecular formula is C30H35N7O2. The van der Waals surface area contributed by atoms with Crippen molar-refractivity contribution in [3.05, 3.63) is 54.4 Å². The van der Waals surface area contributed by atoms with Gasteiger partial charge >= 0.3 is 0 Å². The summed E-state index contributed by atoms with van der Waals surface area (Å²) in [5.41, 5.74) is 10.4. The van der Waals surface area contributed by atoms with E-state index in [0.29, 0.717) is 29.2 Å². The van der Waals surface area contributed by atoms with E-state index in [9.17, 15) is 5.11 Å². The van der Waals surface area contributed by atoms with E-state index in [1.165, 1.54) is 5.69 Å². The van der Waals surface area contributed by atoms with E-state index in [1.54, 1.807) is 12.1 Å². The molecule has 5 heterocycles. The molecule has 9 nitrogen and oxygen atoms in total. The number of pyridine rings is 1. The summed E-state index contributed by atoms with van der Waals surface area (Å²) in [4.78, 5) is 11.7. The number of nitrogen functional groups attached to an aromatic ring is 1. The zero-order chi connectivity index (χ0) is 26.8. The van der Waals surface area contributed by atoms with Crippen molar-refractivity contribution in [3.63, 3.8) is 0 Å². The molecule has 9 heteroatoms. The number of nitrogens with zero attached hydrogens (tertiary/aromatic N) is 6. The number of rotatable bonds is 4. The third kappa shape index (κ3) is 5.49. The summed E-state index contributed by atoms with van der Waals surface area (Å²) in [7, 11) is 0. The molecule has 202 valence electrons. The van der Waals surface area contributed by atoms with E-state index >= 15 is 0 Å². The van der Waals surface area contributed by atoms with Gasteiger partial charge in [0.25, 0.3) is 0 Å². The molecule has 3 aliphatic heterocycles. The van der Waals surface area contributed by atoms with E-state index in [0.717, 1.165) is 70.0 Å². The van der Waals surface area contributed by atoms with E-state index in [1.807, 2.05) is 24.4 Å². The van der Waals surface area contributed by atoms with Gasteiger partial charge in [-0.3, -0.25) is 4.90 Å². The fraction of sp³-hybridized carbons (Fsp3) is 0.433. The molecule has 39 heavy (non-hydrogen) atoms. The molecular weight excluding hydrogens is 490 g/mol. The van der Waals surface area contributed by atoms with Crippen LogP contribution in [-0.4, -0.2) is 82.7 Å². The van der Waals surface area contributed by atoms with Gasteiger partial charge in [0.05, 0.1) is 24.0 Å². The van der Waals surface area contributed by atoms with Gasteiger partial charge < -0.3 is 25.4 Å². The second kappa shape index (κ2) is 11.1. The average molecular weight is 526 g/mol. The van der Waals surface area contributed by atoms with Gasteiger partial charge in [-0.05, 0) is 62.4 Å². The Bertz CT molecular complexity index is 1370. The molecule has 0 aliphatic carbocycles. The molecule has 1 aromatic carbocycles. The first kappa shape index (κ1) is 25.4. The number of aromatic hydroxyl groups is 1. The van der Waals surface area contributed by atoms with Crippen molar-refractivity contribution < 1.29 is 9.84 Å². The number of phenolic OH excluding ortho intramolecular Hbond substituents is 1. The largest absolute Gasteiger partial charge is 0.507 e. The number of phenols is 1. The average Bonchev–Trinajstić information content (AvgIpc) is 3.07. The maximum Gasteiger partial charge on any atom is 0.169 e. The molecule has 0 amide bonds. The van der Waals surface area contributed by atoms with Crippen LogP contribution in [0.15, 0.2) is 48.7 Å². The Morgan fingerprint density at radius 1 is 1.08 bits per heavy atom. The Balaban J connectivity index is 1.17. The molecule has 3 saturated heterocycles. The quantitative estimate of drug-likeness (QED) is 0.497. The molecule has 3 unspecified atom stereocenters. The second-order valence-electron chi connectivity index (χ2n) is 10.7. The van der Waals surface area contributed by atoms with Crippen molar-refractivity contribution in [2.75, 3.05) is 54.9 Å². The number of ether oxygens (including phenoxy) is 1. The number of anilines is 3. The number of aromatic nitrogens is 3. The maximum atomic E-state index is 10.3. The van der Waals surface area contributed by atoms with Crippen LogP contribution in [0.2, 0.25) is 0 Å². The van der Waals surface area contributed by atoms with Gasteiger partial charge in [0.1, 0.15) is 11.4 Å². The minimum atomic E-state index is 0.180. The highest BCUT2D eigenvalue weighted by Crippen LogP contribution is 2.38. The van der Waals surface area contributed by atoms with Crippen molar-refractivity contribution in [1.82, 2.24) is 20.1 Å². The summed E-state index contributed by atoms with van der Waals surface area (Å²) < 4.78 is 5.74. The van der Waals surface area contributed by atoms with Crippen molar-refractivity contribution in [1.29, 1.82) is 0 Å². The lowest BCUT2D eigenvalue weighted by molar-refractivity contribution is 0.0695. The number of nitrogens with two attached hydrogens (primary N) is 1. The predicted octanol–water partition coefficient (Wildman–Crippen LogP) is 3.15. The number of benzene rings is 1. The SMILES string of the molecule is CC1CN(CC#Cc2cc(N3C4CCC3CN(c3cc(-c5ccccc5O)nnc3N)C4)ccn2)CCCO1. The van der Waals surface area contributed by atoms with E-state index in [4.69, 9.17) is 10.5 Å². The fourth-order valence-corrected chi connectivity index (χ4v) is 6.10. The van der Waals surface area contributed by atoms with E-state index < -0.39 is 0 Å². The van der Waals surface area contributed by atoms with Crippen LogP contribution < -0.4 is 15.5 Å². The standard InChI is InChI=1S/C30H35N7O2/c1-21-18-35(14-5-15-39-21)13-4-6-22-16-23(11-12-32-22)37-24-9-10-25(37)20-36(19-24)28-17-27(33-34-30(28)31)26-7-2-3-8-29(26)38/h2-3,7-8,11-12,16-17,21,24-25,38H,5,9-10,13-15,18-20H2,1H3,(H2,31,34). The summed E-state index contributed by atoms with van der Waals surface area (Å²) in [6.45, 7) is 7.29. The summed E-state index contributed by atoms with van der Waals surface area (Å²) in [6, 6.07) is 14.0. The van der Waals surface area contributed by atoms with E-state index in [2.05, 4.69) is 60.8 Å². The lowest BCUT2D eigenvalue weighted by Crippen LogP contribution is -2.54. The number of para-hydroxylation sites is 1. The first-order valence-electron chi connectivity index (χ1n) is 13.8. The van der Waals surface area contributed by atoms with Crippen molar-refractivity contribution >= 4 is 17.2 Å².